The van der Waals surface area contributed by atoms with E-state index in [-0.39, 0.29) is 12.3 Å². The van der Waals surface area contributed by atoms with E-state index in [4.69, 9.17) is 15.9 Å². The third-order valence-electron chi connectivity index (χ3n) is 3.79. The lowest BCUT2D eigenvalue weighted by Gasteiger charge is -2.25. The molecule has 7 N–H and O–H groups in total. The van der Waals surface area contributed by atoms with Crippen molar-refractivity contribution >= 4 is 35.5 Å². The second-order valence-electron chi connectivity index (χ2n) is 6.90. The number of thioether (sulfide) groups is 1. The number of aliphatic hydroxyl groups is 1. The third-order valence-corrected chi connectivity index (χ3v) is 4.44. The fourth-order valence-corrected chi connectivity index (χ4v) is 2.71. The van der Waals surface area contributed by atoms with Gasteiger partial charge < -0.3 is 31.9 Å². The van der Waals surface area contributed by atoms with Crippen LogP contribution in [0.25, 0.3) is 0 Å². The summed E-state index contributed by atoms with van der Waals surface area (Å²) in [6.45, 7) is 4.41. The lowest BCUT2D eigenvalue weighted by molar-refractivity contribution is -0.143. The molecule has 3 amide bonds. The number of nitrogens with one attached hydrogen (secondary N) is 3. The van der Waals surface area contributed by atoms with Gasteiger partial charge in [-0.25, -0.2) is 4.79 Å². The summed E-state index contributed by atoms with van der Waals surface area (Å²) in [6, 6.07) is -4.14. The Hall–Kier alpha value is -1.85. The van der Waals surface area contributed by atoms with Crippen molar-refractivity contribution < 1.29 is 29.4 Å². The maximum Gasteiger partial charge on any atom is 0.328 e. The molecular weight excluding hydrogens is 388 g/mol. The minimum Gasteiger partial charge on any atom is -0.480 e. The molecule has 10 nitrogen and oxygen atoms in total. The zero-order valence-electron chi connectivity index (χ0n) is 16.7. The lowest BCUT2D eigenvalue weighted by atomic mass is 10.0. The van der Waals surface area contributed by atoms with Crippen LogP contribution in [-0.4, -0.2) is 76.7 Å². The summed E-state index contributed by atoms with van der Waals surface area (Å²) < 4.78 is 0. The molecule has 0 aliphatic carbocycles. The maximum atomic E-state index is 12.7. The Labute approximate surface area is 169 Å². The monoisotopic (exact) mass is 420 g/mol. The molecule has 28 heavy (non-hydrogen) atoms. The van der Waals surface area contributed by atoms with E-state index in [9.17, 15) is 19.2 Å². The molecular formula is C17H32N4O6S. The number of amides is 3. The van der Waals surface area contributed by atoms with Gasteiger partial charge in [0.25, 0.3) is 0 Å². The minimum atomic E-state index is -1.47. The number of rotatable bonds is 13. The Morgan fingerprint density at radius 2 is 1.43 bits per heavy atom. The Bertz CT molecular complexity index is 544. The lowest BCUT2D eigenvalue weighted by Crippen LogP contribution is -2.57. The van der Waals surface area contributed by atoms with E-state index in [0.29, 0.717) is 12.2 Å². The van der Waals surface area contributed by atoms with Crippen LogP contribution in [0.4, 0.5) is 0 Å². The zero-order valence-corrected chi connectivity index (χ0v) is 17.5. The quantitative estimate of drug-likeness (QED) is 0.213. The smallest absolute Gasteiger partial charge is 0.328 e. The fourth-order valence-electron chi connectivity index (χ4n) is 2.24. The van der Waals surface area contributed by atoms with Gasteiger partial charge in [0.1, 0.15) is 18.1 Å². The summed E-state index contributed by atoms with van der Waals surface area (Å²) in [5.74, 6) is -2.52. The van der Waals surface area contributed by atoms with Gasteiger partial charge >= 0.3 is 5.97 Å². The van der Waals surface area contributed by atoms with Crippen molar-refractivity contribution in [2.24, 2.45) is 11.7 Å². The van der Waals surface area contributed by atoms with Crippen molar-refractivity contribution in [3.05, 3.63) is 0 Å². The Kier molecular flexibility index (Phi) is 12.5. The van der Waals surface area contributed by atoms with Crippen LogP contribution in [0, 0.1) is 5.92 Å². The van der Waals surface area contributed by atoms with Crippen LogP contribution in [0.15, 0.2) is 0 Å². The van der Waals surface area contributed by atoms with E-state index in [1.54, 1.807) is 0 Å². The SMILES string of the molecule is CSCCC(NC(=O)C(C)N)C(=O)NC(CC(C)C)C(=O)NC(CO)C(=O)O. The topological polar surface area (TPSA) is 171 Å². The summed E-state index contributed by atoms with van der Waals surface area (Å²) >= 11 is 1.50. The predicted molar refractivity (Wildman–Crippen MR) is 107 cm³/mol. The van der Waals surface area contributed by atoms with Crippen LogP contribution < -0.4 is 21.7 Å². The normalized spacial score (nSPS) is 15.2. The van der Waals surface area contributed by atoms with Gasteiger partial charge in [-0.15, -0.1) is 0 Å². The Morgan fingerprint density at radius 1 is 0.929 bits per heavy atom. The van der Waals surface area contributed by atoms with Gasteiger partial charge in [-0.3, -0.25) is 14.4 Å². The molecule has 0 aromatic heterocycles. The van der Waals surface area contributed by atoms with Crippen LogP contribution in [-0.2, 0) is 19.2 Å². The molecule has 0 rings (SSSR count). The third kappa shape index (κ3) is 9.90. The maximum absolute atomic E-state index is 12.7. The molecule has 11 heteroatoms. The number of carbonyl (C=O) groups excluding carboxylic acids is 3. The molecule has 0 aliphatic rings. The number of carboxylic acid groups (broad SMARTS) is 1. The van der Waals surface area contributed by atoms with Crippen molar-refractivity contribution in [1.29, 1.82) is 0 Å². The van der Waals surface area contributed by atoms with E-state index in [1.807, 2.05) is 20.1 Å². The van der Waals surface area contributed by atoms with E-state index in [1.165, 1.54) is 18.7 Å². The second kappa shape index (κ2) is 13.3. The summed E-state index contributed by atoms with van der Waals surface area (Å²) in [5, 5.41) is 25.4. The molecule has 0 bridgehead atoms. The number of aliphatic carboxylic acids is 1. The van der Waals surface area contributed by atoms with Crippen LogP contribution in [0.2, 0.25) is 0 Å². The fraction of sp³-hybridized carbons (Fsp3) is 0.765. The van der Waals surface area contributed by atoms with Gasteiger partial charge in [-0.1, -0.05) is 13.8 Å². The minimum absolute atomic E-state index is 0.0248. The molecule has 0 radical (unpaired) electrons. The highest BCUT2D eigenvalue weighted by Gasteiger charge is 2.30. The first kappa shape index (κ1) is 26.1. The number of carbonyl (C=O) groups is 4. The van der Waals surface area contributed by atoms with E-state index in [0.717, 1.165) is 0 Å². The summed E-state index contributed by atoms with van der Waals surface area (Å²) in [7, 11) is 0. The summed E-state index contributed by atoms with van der Waals surface area (Å²) in [5.41, 5.74) is 5.53. The van der Waals surface area contributed by atoms with Crippen LogP contribution in [0.1, 0.15) is 33.6 Å². The average molecular weight is 421 g/mol. The second-order valence-corrected chi connectivity index (χ2v) is 7.89. The highest BCUT2D eigenvalue weighted by atomic mass is 32.2. The molecule has 4 atom stereocenters. The van der Waals surface area contributed by atoms with E-state index in [2.05, 4.69) is 16.0 Å². The Balaban J connectivity index is 5.27. The predicted octanol–water partition coefficient (Wildman–Crippen LogP) is -1.34. The van der Waals surface area contributed by atoms with Gasteiger partial charge in [0.05, 0.1) is 12.6 Å². The molecule has 4 unspecified atom stereocenters. The number of hydrogen-bond acceptors (Lipinski definition) is 7. The Morgan fingerprint density at radius 3 is 1.86 bits per heavy atom. The molecule has 0 fully saturated rings. The first-order chi connectivity index (χ1) is 13.0. The molecule has 162 valence electrons. The first-order valence-corrected chi connectivity index (χ1v) is 10.4. The number of nitrogens with two attached hydrogens (primary N) is 1. The largest absolute Gasteiger partial charge is 0.480 e. The first-order valence-electron chi connectivity index (χ1n) is 9.02. The van der Waals surface area contributed by atoms with Gasteiger partial charge in [0, 0.05) is 0 Å². The highest BCUT2D eigenvalue weighted by Crippen LogP contribution is 2.08. The van der Waals surface area contributed by atoms with Crippen molar-refractivity contribution in [1.82, 2.24) is 16.0 Å². The summed E-state index contributed by atoms with van der Waals surface area (Å²) in [6.07, 6.45) is 2.46. The number of carboxylic acids is 1. The van der Waals surface area contributed by atoms with Crippen molar-refractivity contribution in [2.45, 2.75) is 57.8 Å². The van der Waals surface area contributed by atoms with Crippen molar-refractivity contribution in [3.8, 4) is 0 Å². The molecule has 0 saturated carbocycles. The van der Waals surface area contributed by atoms with Crippen molar-refractivity contribution in [2.75, 3.05) is 18.6 Å². The van der Waals surface area contributed by atoms with Gasteiger partial charge in [0.2, 0.25) is 17.7 Å². The number of hydrogen-bond donors (Lipinski definition) is 6. The number of aliphatic hydroxyl groups excluding tert-OH is 1. The molecule has 0 aliphatic heterocycles. The molecule has 0 saturated heterocycles. The highest BCUT2D eigenvalue weighted by molar-refractivity contribution is 7.98. The van der Waals surface area contributed by atoms with Gasteiger partial charge in [-0.2, -0.15) is 11.8 Å². The van der Waals surface area contributed by atoms with Crippen LogP contribution in [0.5, 0.6) is 0 Å². The molecule has 0 spiro atoms. The standard InChI is InChI=1S/C17H32N4O6S/c1-9(2)7-12(16(25)21-13(8-22)17(26)27)20-15(24)11(5-6-28-4)19-14(23)10(3)18/h9-13,22H,5-8,18H2,1-4H3,(H,19,23)(H,20,24)(H,21,25)(H,26,27). The van der Waals surface area contributed by atoms with E-state index < -0.39 is 54.5 Å². The molecule has 0 aromatic rings. The average Bonchev–Trinajstić information content (AvgIpc) is 2.60. The molecule has 0 heterocycles. The van der Waals surface area contributed by atoms with E-state index >= 15 is 0 Å². The van der Waals surface area contributed by atoms with Crippen LogP contribution in [0.3, 0.4) is 0 Å². The summed E-state index contributed by atoms with van der Waals surface area (Å²) in [4.78, 5) is 48.0. The van der Waals surface area contributed by atoms with Crippen molar-refractivity contribution in [3.63, 3.8) is 0 Å². The van der Waals surface area contributed by atoms with Gasteiger partial charge in [-0.05, 0) is 37.7 Å². The zero-order chi connectivity index (χ0) is 21.9. The van der Waals surface area contributed by atoms with Crippen LogP contribution >= 0.6 is 11.8 Å². The van der Waals surface area contributed by atoms with Gasteiger partial charge in [0.15, 0.2) is 0 Å². The molecule has 0 aromatic carbocycles.